The molecule has 0 spiro atoms. The molecule has 0 atom stereocenters. The Kier molecular flexibility index (Phi) is 2.03. The summed E-state index contributed by atoms with van der Waals surface area (Å²) in [5, 5.41) is 4.90. The zero-order valence-corrected chi connectivity index (χ0v) is 9.02. The number of aromatic nitrogens is 3. The third kappa shape index (κ3) is 1.43. The molecular weight excluding hydrogens is 281 g/mol. The molecule has 0 N–H and O–H groups in total. The quantitative estimate of drug-likeness (QED) is 0.547. The van der Waals surface area contributed by atoms with Gasteiger partial charge in [0.05, 0.1) is 17.9 Å². The first-order valence-electron chi connectivity index (χ1n) is 3.69. The Morgan fingerprint density at radius 2 is 2.31 bits per heavy atom. The summed E-state index contributed by atoms with van der Waals surface area (Å²) >= 11 is 2.12. The summed E-state index contributed by atoms with van der Waals surface area (Å²) in [5.74, 6) is -0.0991. The summed E-state index contributed by atoms with van der Waals surface area (Å²) in [4.78, 5) is 15.2. The Balaban J connectivity index is 2.76. The summed E-state index contributed by atoms with van der Waals surface area (Å²) in [7, 11) is 0. The molecule has 2 aromatic heterocycles. The van der Waals surface area contributed by atoms with Crippen molar-refractivity contribution in [3.05, 3.63) is 22.2 Å². The molecule has 0 aliphatic rings. The van der Waals surface area contributed by atoms with Crippen LogP contribution in [0.1, 0.15) is 11.7 Å². The smallest absolute Gasteiger partial charge is 0.244 e. The largest absolute Gasteiger partial charge is 0.273 e. The number of nitrogens with zero attached hydrogens (tertiary/aromatic N) is 3. The van der Waals surface area contributed by atoms with Crippen LogP contribution in [-0.2, 0) is 0 Å². The summed E-state index contributed by atoms with van der Waals surface area (Å²) in [5.41, 5.74) is 0.757. The van der Waals surface area contributed by atoms with Gasteiger partial charge in [-0.3, -0.25) is 4.79 Å². The monoisotopic (exact) mass is 287 g/mol. The van der Waals surface area contributed by atoms with Crippen molar-refractivity contribution < 1.29 is 4.79 Å². The standard InChI is InChI=1S/C8H6IN3O/c1-5(13)12-7-4-10-8(9)2-6(7)3-11-12/h2-4H,1H3. The van der Waals surface area contributed by atoms with Crippen molar-refractivity contribution in [2.75, 3.05) is 0 Å². The average Bonchev–Trinajstić information content (AvgIpc) is 2.46. The lowest BCUT2D eigenvalue weighted by Gasteiger charge is -1.95. The van der Waals surface area contributed by atoms with Crippen LogP contribution in [-0.4, -0.2) is 20.7 Å². The van der Waals surface area contributed by atoms with Crippen LogP contribution in [0.2, 0.25) is 0 Å². The van der Waals surface area contributed by atoms with E-state index in [1.54, 1.807) is 12.4 Å². The highest BCUT2D eigenvalue weighted by atomic mass is 127. The van der Waals surface area contributed by atoms with Crippen LogP contribution in [0.5, 0.6) is 0 Å². The molecule has 0 aromatic carbocycles. The van der Waals surface area contributed by atoms with Crippen LogP contribution in [0.3, 0.4) is 0 Å². The molecule has 5 heteroatoms. The minimum atomic E-state index is -0.0991. The third-order valence-corrected chi connectivity index (χ3v) is 2.31. The first-order chi connectivity index (χ1) is 6.18. The zero-order chi connectivity index (χ0) is 9.42. The van der Waals surface area contributed by atoms with Gasteiger partial charge in [-0.05, 0) is 28.7 Å². The summed E-state index contributed by atoms with van der Waals surface area (Å²) < 4.78 is 2.24. The maximum absolute atomic E-state index is 11.1. The fourth-order valence-electron chi connectivity index (χ4n) is 1.15. The van der Waals surface area contributed by atoms with Gasteiger partial charge in [-0.25, -0.2) is 4.98 Å². The van der Waals surface area contributed by atoms with E-state index in [0.717, 1.165) is 14.6 Å². The van der Waals surface area contributed by atoms with Gasteiger partial charge in [0.1, 0.15) is 3.70 Å². The van der Waals surface area contributed by atoms with E-state index in [9.17, 15) is 4.79 Å². The minimum Gasteiger partial charge on any atom is -0.273 e. The number of hydrogen-bond acceptors (Lipinski definition) is 3. The minimum absolute atomic E-state index is 0.0991. The van der Waals surface area contributed by atoms with Crippen molar-refractivity contribution in [1.82, 2.24) is 14.8 Å². The molecule has 13 heavy (non-hydrogen) atoms. The molecule has 2 heterocycles. The first-order valence-corrected chi connectivity index (χ1v) is 4.76. The molecule has 0 unspecified atom stereocenters. The van der Waals surface area contributed by atoms with Crippen molar-refractivity contribution in [3.63, 3.8) is 0 Å². The fraction of sp³-hybridized carbons (Fsp3) is 0.125. The van der Waals surface area contributed by atoms with Crippen LogP contribution in [0, 0.1) is 3.70 Å². The molecule has 2 aromatic rings. The highest BCUT2D eigenvalue weighted by Gasteiger charge is 2.06. The van der Waals surface area contributed by atoms with Gasteiger partial charge in [0.25, 0.3) is 0 Å². The molecule has 0 bridgehead atoms. The van der Waals surface area contributed by atoms with Gasteiger partial charge < -0.3 is 0 Å². The fourth-order valence-corrected chi connectivity index (χ4v) is 1.63. The lowest BCUT2D eigenvalue weighted by Crippen LogP contribution is -2.06. The molecule has 0 amide bonds. The van der Waals surface area contributed by atoms with Gasteiger partial charge in [0.2, 0.25) is 5.91 Å². The number of carbonyl (C=O) groups is 1. The highest BCUT2D eigenvalue weighted by molar-refractivity contribution is 14.1. The molecule has 2 rings (SSSR count). The van der Waals surface area contributed by atoms with E-state index < -0.39 is 0 Å². The second-order valence-corrected chi connectivity index (χ2v) is 3.75. The number of rotatable bonds is 0. The highest BCUT2D eigenvalue weighted by Crippen LogP contribution is 2.14. The molecular formula is C8H6IN3O. The molecule has 0 saturated carbocycles. The van der Waals surface area contributed by atoms with E-state index in [-0.39, 0.29) is 5.91 Å². The molecule has 4 nitrogen and oxygen atoms in total. The zero-order valence-electron chi connectivity index (χ0n) is 6.86. The lowest BCUT2D eigenvalue weighted by molar-refractivity contribution is 0.0926. The lowest BCUT2D eigenvalue weighted by atomic mass is 10.3. The van der Waals surface area contributed by atoms with Gasteiger partial charge >= 0.3 is 0 Å². The average molecular weight is 287 g/mol. The van der Waals surface area contributed by atoms with E-state index in [2.05, 4.69) is 32.7 Å². The maximum atomic E-state index is 11.1. The molecule has 0 fully saturated rings. The van der Waals surface area contributed by atoms with Gasteiger partial charge in [-0.2, -0.15) is 9.78 Å². The SMILES string of the molecule is CC(=O)n1ncc2cc(I)ncc21. The first kappa shape index (κ1) is 8.61. The molecule has 0 saturated heterocycles. The molecule has 66 valence electrons. The normalized spacial score (nSPS) is 10.6. The van der Waals surface area contributed by atoms with Crippen molar-refractivity contribution >= 4 is 39.4 Å². The Bertz CT molecular complexity index is 477. The molecule has 0 radical (unpaired) electrons. The number of fused-ring (bicyclic) bond motifs is 1. The Morgan fingerprint density at radius 1 is 1.54 bits per heavy atom. The summed E-state index contributed by atoms with van der Waals surface area (Å²) in [6.07, 6.45) is 3.33. The van der Waals surface area contributed by atoms with Crippen molar-refractivity contribution in [3.8, 4) is 0 Å². The van der Waals surface area contributed by atoms with Gasteiger partial charge in [0.15, 0.2) is 0 Å². The Morgan fingerprint density at radius 3 is 3.00 bits per heavy atom. The third-order valence-electron chi connectivity index (χ3n) is 1.72. The summed E-state index contributed by atoms with van der Waals surface area (Å²) in [6.45, 7) is 1.48. The number of halogens is 1. The van der Waals surface area contributed by atoms with E-state index in [1.807, 2.05) is 6.07 Å². The number of pyridine rings is 1. The number of hydrogen-bond donors (Lipinski definition) is 0. The summed E-state index contributed by atoms with van der Waals surface area (Å²) in [6, 6.07) is 1.89. The molecule has 0 aliphatic carbocycles. The van der Waals surface area contributed by atoms with Crippen molar-refractivity contribution in [1.29, 1.82) is 0 Å². The second kappa shape index (κ2) is 3.06. The van der Waals surface area contributed by atoms with Crippen LogP contribution in [0.4, 0.5) is 0 Å². The van der Waals surface area contributed by atoms with E-state index in [0.29, 0.717) is 0 Å². The predicted molar refractivity (Wildman–Crippen MR) is 56.5 cm³/mol. The number of carbonyl (C=O) groups excluding carboxylic acids is 1. The van der Waals surface area contributed by atoms with E-state index in [4.69, 9.17) is 0 Å². The van der Waals surface area contributed by atoms with Gasteiger partial charge in [-0.15, -0.1) is 0 Å². The van der Waals surface area contributed by atoms with Crippen LogP contribution >= 0.6 is 22.6 Å². The van der Waals surface area contributed by atoms with Gasteiger partial charge in [0, 0.05) is 12.3 Å². The topological polar surface area (TPSA) is 47.8 Å². The van der Waals surface area contributed by atoms with Crippen LogP contribution in [0.15, 0.2) is 18.5 Å². The van der Waals surface area contributed by atoms with Crippen LogP contribution < -0.4 is 0 Å². The van der Waals surface area contributed by atoms with Gasteiger partial charge in [-0.1, -0.05) is 0 Å². The van der Waals surface area contributed by atoms with Crippen LogP contribution in [0.25, 0.3) is 10.9 Å². The molecule has 0 aliphatic heterocycles. The van der Waals surface area contributed by atoms with E-state index >= 15 is 0 Å². The predicted octanol–water partition coefficient (Wildman–Crippen LogP) is 1.70. The maximum Gasteiger partial charge on any atom is 0.244 e. The second-order valence-electron chi connectivity index (χ2n) is 2.64. The van der Waals surface area contributed by atoms with Crippen molar-refractivity contribution in [2.45, 2.75) is 6.92 Å². The Labute approximate surface area is 88.1 Å². The Hall–Kier alpha value is -0.980. The van der Waals surface area contributed by atoms with Crippen molar-refractivity contribution in [2.24, 2.45) is 0 Å². The van der Waals surface area contributed by atoms with E-state index in [1.165, 1.54) is 11.6 Å².